The van der Waals surface area contributed by atoms with Crippen LogP contribution in [0.15, 0.2) is 64.8 Å². The van der Waals surface area contributed by atoms with Crippen LogP contribution in [0.2, 0.25) is 0 Å². The van der Waals surface area contributed by atoms with Crippen LogP contribution in [-0.2, 0) is 4.74 Å². The van der Waals surface area contributed by atoms with Crippen LogP contribution in [-0.4, -0.2) is 13.1 Å². The molecule has 0 saturated carbocycles. The van der Waals surface area contributed by atoms with Crippen molar-refractivity contribution >= 4 is 17.3 Å². The Morgan fingerprint density at radius 1 is 0.944 bits per heavy atom. The number of azo groups is 1. The van der Waals surface area contributed by atoms with E-state index >= 15 is 0 Å². The van der Waals surface area contributed by atoms with Crippen molar-refractivity contribution in [1.82, 2.24) is 0 Å². The van der Waals surface area contributed by atoms with Crippen molar-refractivity contribution in [1.29, 1.82) is 0 Å². The average Bonchev–Trinajstić information content (AvgIpc) is 2.45. The molecule has 0 atom stereocenters. The lowest BCUT2D eigenvalue weighted by atomic mass is 10.2. The van der Waals surface area contributed by atoms with Gasteiger partial charge in [-0.3, -0.25) is 0 Å². The Balaban J connectivity index is 2.29. The zero-order chi connectivity index (χ0) is 12.8. The Labute approximate surface area is 105 Å². The van der Waals surface area contributed by atoms with E-state index in [1.807, 2.05) is 30.3 Å². The molecular weight excluding hydrogens is 228 g/mol. The third kappa shape index (κ3) is 2.79. The largest absolute Gasteiger partial charge is 0.465 e. The third-order valence-electron chi connectivity index (χ3n) is 2.34. The lowest BCUT2D eigenvalue weighted by Crippen LogP contribution is -2.00. The molecule has 2 aromatic carbocycles. The van der Waals surface area contributed by atoms with E-state index in [9.17, 15) is 4.79 Å². The van der Waals surface area contributed by atoms with Crippen molar-refractivity contribution in [3.05, 3.63) is 60.2 Å². The van der Waals surface area contributed by atoms with Gasteiger partial charge in [0.1, 0.15) is 5.69 Å². The number of rotatable bonds is 3. The Morgan fingerprint density at radius 3 is 2.33 bits per heavy atom. The fraction of sp³-hybridized carbons (Fsp3) is 0.0714. The second-order valence-electron chi connectivity index (χ2n) is 3.54. The van der Waals surface area contributed by atoms with Crippen LogP contribution < -0.4 is 0 Å². The molecule has 18 heavy (non-hydrogen) atoms. The van der Waals surface area contributed by atoms with Gasteiger partial charge in [0.15, 0.2) is 0 Å². The SMILES string of the molecule is COC(=O)c1ccccc1N=Nc1ccccc1. The number of nitrogens with zero attached hydrogens (tertiary/aromatic N) is 2. The number of carbonyl (C=O) groups excluding carboxylic acids is 1. The lowest BCUT2D eigenvalue weighted by molar-refractivity contribution is 0.0601. The smallest absolute Gasteiger partial charge is 0.340 e. The van der Waals surface area contributed by atoms with Gasteiger partial charge in [-0.25, -0.2) is 4.79 Å². The minimum Gasteiger partial charge on any atom is -0.465 e. The highest BCUT2D eigenvalue weighted by Gasteiger charge is 2.09. The van der Waals surface area contributed by atoms with Crippen LogP contribution in [0.5, 0.6) is 0 Å². The topological polar surface area (TPSA) is 51.0 Å². The molecule has 0 radical (unpaired) electrons. The molecule has 0 heterocycles. The van der Waals surface area contributed by atoms with Gasteiger partial charge < -0.3 is 4.74 Å². The Hall–Kier alpha value is -2.49. The van der Waals surface area contributed by atoms with Gasteiger partial charge in [0.05, 0.1) is 18.4 Å². The van der Waals surface area contributed by atoms with Crippen molar-refractivity contribution in [2.45, 2.75) is 0 Å². The summed E-state index contributed by atoms with van der Waals surface area (Å²) < 4.78 is 4.69. The van der Waals surface area contributed by atoms with E-state index in [1.54, 1.807) is 24.3 Å². The highest BCUT2D eigenvalue weighted by molar-refractivity contribution is 5.94. The summed E-state index contributed by atoms with van der Waals surface area (Å²) in [5.41, 5.74) is 1.63. The Bertz CT molecular complexity index is 565. The van der Waals surface area contributed by atoms with E-state index in [2.05, 4.69) is 15.0 Å². The Morgan fingerprint density at radius 2 is 1.61 bits per heavy atom. The summed E-state index contributed by atoms with van der Waals surface area (Å²) in [6.07, 6.45) is 0. The predicted octanol–water partition coefficient (Wildman–Crippen LogP) is 3.89. The van der Waals surface area contributed by atoms with Crippen LogP contribution in [0.4, 0.5) is 11.4 Å². The van der Waals surface area contributed by atoms with E-state index in [4.69, 9.17) is 0 Å². The first kappa shape index (κ1) is 12.0. The second kappa shape index (κ2) is 5.72. The van der Waals surface area contributed by atoms with Crippen LogP contribution in [0.25, 0.3) is 0 Å². The number of hydrogen-bond acceptors (Lipinski definition) is 4. The van der Waals surface area contributed by atoms with Gasteiger partial charge in [-0.1, -0.05) is 30.3 Å². The Kier molecular flexibility index (Phi) is 3.81. The summed E-state index contributed by atoms with van der Waals surface area (Å²) in [7, 11) is 1.34. The number of esters is 1. The first-order valence-corrected chi connectivity index (χ1v) is 5.45. The maximum absolute atomic E-state index is 11.5. The molecule has 0 aliphatic carbocycles. The molecular formula is C14H12N2O2. The first-order valence-electron chi connectivity index (χ1n) is 5.45. The summed E-state index contributed by atoms with van der Waals surface area (Å²) >= 11 is 0. The van der Waals surface area contributed by atoms with Gasteiger partial charge in [0, 0.05) is 0 Å². The molecule has 0 bridgehead atoms. The van der Waals surface area contributed by atoms with Crippen LogP contribution in [0, 0.1) is 0 Å². The van der Waals surface area contributed by atoms with E-state index in [0.717, 1.165) is 5.69 Å². The van der Waals surface area contributed by atoms with Crippen LogP contribution >= 0.6 is 0 Å². The maximum atomic E-state index is 11.5. The van der Waals surface area contributed by atoms with E-state index in [1.165, 1.54) is 7.11 Å². The van der Waals surface area contributed by atoms with Gasteiger partial charge in [-0.2, -0.15) is 5.11 Å². The molecule has 0 unspecified atom stereocenters. The summed E-state index contributed by atoms with van der Waals surface area (Å²) in [5.74, 6) is -0.419. The normalized spacial score (nSPS) is 10.5. The molecule has 4 heteroatoms. The molecule has 90 valence electrons. The molecule has 0 saturated heterocycles. The quantitative estimate of drug-likeness (QED) is 0.603. The number of hydrogen-bond donors (Lipinski definition) is 0. The van der Waals surface area contributed by atoms with Gasteiger partial charge in [0.2, 0.25) is 0 Å². The first-order chi connectivity index (χ1) is 8.81. The van der Waals surface area contributed by atoms with Crippen molar-refractivity contribution in [3.8, 4) is 0 Å². The summed E-state index contributed by atoms with van der Waals surface area (Å²) in [6, 6.07) is 16.3. The lowest BCUT2D eigenvalue weighted by Gasteiger charge is -2.01. The average molecular weight is 240 g/mol. The predicted molar refractivity (Wildman–Crippen MR) is 68.4 cm³/mol. The second-order valence-corrected chi connectivity index (χ2v) is 3.54. The fourth-order valence-electron chi connectivity index (χ4n) is 1.45. The standard InChI is InChI=1S/C14H12N2O2/c1-18-14(17)12-9-5-6-10-13(12)16-15-11-7-3-2-4-8-11/h2-10H,1H3. The molecule has 0 aromatic heterocycles. The zero-order valence-electron chi connectivity index (χ0n) is 9.91. The molecule has 0 amide bonds. The number of carbonyl (C=O) groups is 1. The van der Waals surface area contributed by atoms with Crippen molar-refractivity contribution in [2.24, 2.45) is 10.2 Å². The van der Waals surface area contributed by atoms with Gasteiger partial charge in [-0.15, -0.1) is 5.11 Å². The van der Waals surface area contributed by atoms with Crippen LogP contribution in [0.1, 0.15) is 10.4 Å². The zero-order valence-corrected chi connectivity index (χ0v) is 9.91. The summed E-state index contributed by atoms with van der Waals surface area (Å²) in [4.78, 5) is 11.5. The van der Waals surface area contributed by atoms with E-state index in [0.29, 0.717) is 11.3 Å². The maximum Gasteiger partial charge on any atom is 0.340 e. The third-order valence-corrected chi connectivity index (χ3v) is 2.34. The summed E-state index contributed by atoms with van der Waals surface area (Å²) in [6.45, 7) is 0. The van der Waals surface area contributed by atoms with E-state index in [-0.39, 0.29) is 0 Å². The molecule has 0 N–H and O–H groups in total. The molecule has 0 spiro atoms. The van der Waals surface area contributed by atoms with Gasteiger partial charge in [0.25, 0.3) is 0 Å². The molecule has 4 nitrogen and oxygen atoms in total. The van der Waals surface area contributed by atoms with Crippen molar-refractivity contribution in [3.63, 3.8) is 0 Å². The molecule has 0 fully saturated rings. The minimum atomic E-state index is -0.419. The van der Waals surface area contributed by atoms with Gasteiger partial charge >= 0.3 is 5.97 Å². The van der Waals surface area contributed by atoms with Crippen LogP contribution in [0.3, 0.4) is 0 Å². The molecule has 2 rings (SSSR count). The highest BCUT2D eigenvalue weighted by Crippen LogP contribution is 2.22. The fourth-order valence-corrected chi connectivity index (χ4v) is 1.45. The number of methoxy groups -OCH3 is 1. The minimum absolute atomic E-state index is 0.402. The molecule has 0 aliphatic heterocycles. The number of ether oxygens (including phenoxy) is 1. The summed E-state index contributed by atoms with van der Waals surface area (Å²) in [5, 5.41) is 8.14. The van der Waals surface area contributed by atoms with Crippen molar-refractivity contribution in [2.75, 3.05) is 7.11 Å². The van der Waals surface area contributed by atoms with Crippen molar-refractivity contribution < 1.29 is 9.53 Å². The molecule has 0 aliphatic rings. The number of benzene rings is 2. The highest BCUT2D eigenvalue weighted by atomic mass is 16.5. The molecule has 2 aromatic rings. The van der Waals surface area contributed by atoms with Gasteiger partial charge in [-0.05, 0) is 24.3 Å². The monoisotopic (exact) mass is 240 g/mol. The van der Waals surface area contributed by atoms with E-state index < -0.39 is 5.97 Å².